The van der Waals surface area contributed by atoms with Crippen molar-refractivity contribution in [2.45, 2.75) is 13.8 Å². The van der Waals surface area contributed by atoms with Gasteiger partial charge in [-0.2, -0.15) is 4.99 Å². The first kappa shape index (κ1) is 12.9. The van der Waals surface area contributed by atoms with Crippen molar-refractivity contribution in [1.29, 1.82) is 0 Å². The molecule has 0 aliphatic heterocycles. The van der Waals surface area contributed by atoms with Crippen molar-refractivity contribution < 1.29 is 9.59 Å². The predicted octanol–water partition coefficient (Wildman–Crippen LogP) is 3.50. The van der Waals surface area contributed by atoms with Gasteiger partial charge in [0.15, 0.2) is 5.78 Å². The van der Waals surface area contributed by atoms with Gasteiger partial charge in [-0.1, -0.05) is 24.3 Å². The lowest BCUT2D eigenvalue weighted by Gasteiger charge is -2.05. The van der Waals surface area contributed by atoms with Gasteiger partial charge in [0.05, 0.1) is 5.69 Å². The van der Waals surface area contributed by atoms with Crippen LogP contribution in [0.25, 0.3) is 0 Å². The number of carbonyl (C=O) groups excluding carboxylic acids is 2. The van der Waals surface area contributed by atoms with E-state index in [0.29, 0.717) is 16.8 Å². The second-order valence-corrected chi connectivity index (χ2v) is 4.38. The molecule has 2 aromatic carbocycles. The molecule has 0 radical (unpaired) electrons. The molecule has 0 aliphatic rings. The number of benzene rings is 2. The number of aryl methyl sites for hydroxylation is 2. The van der Waals surface area contributed by atoms with E-state index in [2.05, 4.69) is 4.99 Å². The third-order valence-corrected chi connectivity index (χ3v) is 3.05. The molecule has 0 amide bonds. The fourth-order valence-electron chi connectivity index (χ4n) is 1.82. The van der Waals surface area contributed by atoms with Crippen LogP contribution in [0.1, 0.15) is 27.0 Å². The lowest BCUT2D eigenvalue weighted by Crippen LogP contribution is -2.01. The van der Waals surface area contributed by atoms with Crippen molar-refractivity contribution >= 4 is 17.6 Å². The summed E-state index contributed by atoms with van der Waals surface area (Å²) in [6.45, 7) is 3.97. The molecule has 0 saturated carbocycles. The fourth-order valence-corrected chi connectivity index (χ4v) is 1.82. The summed E-state index contributed by atoms with van der Waals surface area (Å²) in [5.74, 6) is -0.0777. The van der Waals surface area contributed by atoms with Gasteiger partial charge in [0.1, 0.15) is 0 Å². The molecule has 3 heteroatoms. The molecule has 0 bridgehead atoms. The fraction of sp³-hybridized carbons (Fsp3) is 0.125. The first-order chi connectivity index (χ1) is 9.11. The standard InChI is InChI=1S/C16H13NO2/c1-11-6-7-14(8-12(11)2)16(19)13-4-3-5-15(9-13)17-10-18/h3-9H,1-2H3. The third kappa shape index (κ3) is 2.84. The summed E-state index contributed by atoms with van der Waals surface area (Å²) >= 11 is 0. The second-order valence-electron chi connectivity index (χ2n) is 4.38. The monoisotopic (exact) mass is 251 g/mol. The zero-order valence-electron chi connectivity index (χ0n) is 10.8. The van der Waals surface area contributed by atoms with Gasteiger partial charge in [-0.15, -0.1) is 0 Å². The summed E-state index contributed by atoms with van der Waals surface area (Å²) in [4.78, 5) is 26.1. The van der Waals surface area contributed by atoms with Crippen LogP contribution in [-0.4, -0.2) is 11.9 Å². The molecule has 0 aliphatic carbocycles. The Labute approximate surface area is 111 Å². The predicted molar refractivity (Wildman–Crippen MR) is 73.6 cm³/mol. The van der Waals surface area contributed by atoms with Gasteiger partial charge < -0.3 is 0 Å². The van der Waals surface area contributed by atoms with Crippen LogP contribution in [0.3, 0.4) is 0 Å². The van der Waals surface area contributed by atoms with Crippen molar-refractivity contribution in [3.8, 4) is 0 Å². The van der Waals surface area contributed by atoms with E-state index in [1.807, 2.05) is 26.0 Å². The Morgan fingerprint density at radius 1 is 1.00 bits per heavy atom. The number of isocyanates is 1. The van der Waals surface area contributed by atoms with Crippen LogP contribution in [0.4, 0.5) is 5.69 Å². The average Bonchev–Trinajstić information content (AvgIpc) is 2.42. The lowest BCUT2D eigenvalue weighted by molar-refractivity contribution is 0.103. The number of ketones is 1. The maximum absolute atomic E-state index is 12.3. The Kier molecular flexibility index (Phi) is 3.69. The Hall–Kier alpha value is -2.51. The smallest absolute Gasteiger partial charge is 0.240 e. The number of hydrogen-bond acceptors (Lipinski definition) is 3. The summed E-state index contributed by atoms with van der Waals surface area (Å²) in [5, 5.41) is 0. The Balaban J connectivity index is 2.40. The maximum Gasteiger partial charge on any atom is 0.240 e. The molecule has 0 spiro atoms. The van der Waals surface area contributed by atoms with Crippen LogP contribution in [-0.2, 0) is 4.79 Å². The highest BCUT2D eigenvalue weighted by molar-refractivity contribution is 6.09. The Morgan fingerprint density at radius 2 is 1.74 bits per heavy atom. The van der Waals surface area contributed by atoms with E-state index in [0.717, 1.165) is 11.1 Å². The van der Waals surface area contributed by atoms with Crippen molar-refractivity contribution in [3.05, 3.63) is 64.7 Å². The van der Waals surface area contributed by atoms with Gasteiger partial charge >= 0.3 is 0 Å². The summed E-state index contributed by atoms with van der Waals surface area (Å²) < 4.78 is 0. The van der Waals surface area contributed by atoms with E-state index in [-0.39, 0.29) is 5.78 Å². The number of carbonyl (C=O) groups is 1. The highest BCUT2D eigenvalue weighted by atomic mass is 16.1. The van der Waals surface area contributed by atoms with Gasteiger partial charge in [-0.3, -0.25) is 4.79 Å². The van der Waals surface area contributed by atoms with E-state index in [4.69, 9.17) is 0 Å². The zero-order chi connectivity index (χ0) is 13.8. The van der Waals surface area contributed by atoms with Crippen molar-refractivity contribution in [3.63, 3.8) is 0 Å². The summed E-state index contributed by atoms with van der Waals surface area (Å²) in [6, 6.07) is 12.2. The maximum atomic E-state index is 12.3. The quantitative estimate of drug-likeness (QED) is 0.476. The molecule has 0 unspecified atom stereocenters. The molecule has 0 fully saturated rings. The van der Waals surface area contributed by atoms with Crippen molar-refractivity contribution in [2.24, 2.45) is 4.99 Å². The van der Waals surface area contributed by atoms with Crippen LogP contribution >= 0.6 is 0 Å². The van der Waals surface area contributed by atoms with Crippen molar-refractivity contribution in [1.82, 2.24) is 0 Å². The van der Waals surface area contributed by atoms with Crippen LogP contribution in [0.5, 0.6) is 0 Å². The minimum atomic E-state index is -0.0777. The first-order valence-corrected chi connectivity index (χ1v) is 5.91. The number of rotatable bonds is 3. The van der Waals surface area contributed by atoms with Gasteiger partial charge in [0.2, 0.25) is 6.08 Å². The van der Waals surface area contributed by atoms with E-state index < -0.39 is 0 Å². The van der Waals surface area contributed by atoms with E-state index in [1.165, 1.54) is 6.08 Å². The molecular formula is C16H13NO2. The SMILES string of the molecule is Cc1ccc(C(=O)c2cccc(N=C=O)c2)cc1C. The van der Waals surface area contributed by atoms with Gasteiger partial charge in [0, 0.05) is 11.1 Å². The Morgan fingerprint density at radius 3 is 2.42 bits per heavy atom. The molecule has 0 heterocycles. The van der Waals surface area contributed by atoms with Crippen LogP contribution in [0, 0.1) is 13.8 Å². The summed E-state index contributed by atoms with van der Waals surface area (Å²) in [7, 11) is 0. The third-order valence-electron chi connectivity index (χ3n) is 3.05. The van der Waals surface area contributed by atoms with Crippen molar-refractivity contribution in [2.75, 3.05) is 0 Å². The molecule has 0 aromatic heterocycles. The minimum absolute atomic E-state index is 0.0777. The molecule has 0 saturated heterocycles. The number of aliphatic imine (C=N–C) groups is 1. The van der Waals surface area contributed by atoms with Gasteiger partial charge in [0.25, 0.3) is 0 Å². The number of hydrogen-bond donors (Lipinski definition) is 0. The van der Waals surface area contributed by atoms with Crippen LogP contribution in [0.2, 0.25) is 0 Å². The summed E-state index contributed by atoms with van der Waals surface area (Å²) in [6.07, 6.45) is 1.47. The molecule has 19 heavy (non-hydrogen) atoms. The molecule has 2 aromatic rings. The zero-order valence-corrected chi connectivity index (χ0v) is 10.8. The summed E-state index contributed by atoms with van der Waals surface area (Å²) in [5.41, 5.74) is 3.81. The van der Waals surface area contributed by atoms with Crippen LogP contribution in [0.15, 0.2) is 47.5 Å². The normalized spacial score (nSPS) is 9.79. The second kappa shape index (κ2) is 5.42. The van der Waals surface area contributed by atoms with Crippen LogP contribution < -0.4 is 0 Å². The lowest BCUT2D eigenvalue weighted by atomic mass is 9.99. The molecule has 0 atom stereocenters. The average molecular weight is 251 g/mol. The topological polar surface area (TPSA) is 46.5 Å². The Bertz CT molecular complexity index is 683. The van der Waals surface area contributed by atoms with E-state index in [1.54, 1.807) is 30.3 Å². The molecule has 0 N–H and O–H groups in total. The highest BCUT2D eigenvalue weighted by Gasteiger charge is 2.10. The molecule has 94 valence electrons. The van der Waals surface area contributed by atoms with Gasteiger partial charge in [-0.25, -0.2) is 4.79 Å². The van der Waals surface area contributed by atoms with E-state index in [9.17, 15) is 9.59 Å². The molecule has 3 nitrogen and oxygen atoms in total. The minimum Gasteiger partial charge on any atom is -0.289 e. The largest absolute Gasteiger partial charge is 0.289 e. The van der Waals surface area contributed by atoms with Gasteiger partial charge in [-0.05, 0) is 43.2 Å². The first-order valence-electron chi connectivity index (χ1n) is 5.91. The molecule has 2 rings (SSSR count). The molecular weight excluding hydrogens is 238 g/mol. The highest BCUT2D eigenvalue weighted by Crippen LogP contribution is 2.18. The van der Waals surface area contributed by atoms with E-state index >= 15 is 0 Å². The number of nitrogens with zero attached hydrogens (tertiary/aromatic N) is 1.